The molecule has 0 saturated heterocycles. The van der Waals surface area contributed by atoms with Gasteiger partial charge in [0, 0.05) is 16.1 Å². The second kappa shape index (κ2) is 7.87. The number of nitrogens with one attached hydrogen (secondary N) is 1. The molecule has 5 rings (SSSR count). The Labute approximate surface area is 194 Å². The summed E-state index contributed by atoms with van der Waals surface area (Å²) in [7, 11) is -1.46. The van der Waals surface area contributed by atoms with E-state index in [0.717, 1.165) is 11.1 Å². The van der Waals surface area contributed by atoms with E-state index in [1.165, 1.54) is 4.68 Å². The molecule has 3 heterocycles. The third-order valence-corrected chi connectivity index (χ3v) is 7.31. The van der Waals surface area contributed by atoms with E-state index in [2.05, 4.69) is 20.4 Å². The van der Waals surface area contributed by atoms with Gasteiger partial charge < -0.3 is 0 Å². The molecule has 11 heteroatoms. The first kappa shape index (κ1) is 20.4. The van der Waals surface area contributed by atoms with Gasteiger partial charge in [-0.1, -0.05) is 53.0 Å². The number of fused-ring (bicyclic) bond motifs is 1. The molecule has 7 nitrogen and oxygen atoms in total. The predicted octanol–water partition coefficient (Wildman–Crippen LogP) is 5.06. The Hall–Kier alpha value is -2.52. The van der Waals surface area contributed by atoms with Gasteiger partial charge in [0.05, 0.1) is 26.7 Å². The van der Waals surface area contributed by atoms with E-state index in [1.54, 1.807) is 24.3 Å². The van der Waals surface area contributed by atoms with Crippen molar-refractivity contribution in [3.8, 4) is 22.8 Å². The summed E-state index contributed by atoms with van der Waals surface area (Å²) < 4.78 is 14.5. The zero-order valence-electron chi connectivity index (χ0n) is 15.9. The minimum Gasteiger partial charge on any atom is -0.274 e. The first-order valence-corrected chi connectivity index (χ1v) is 11.5. The summed E-state index contributed by atoms with van der Waals surface area (Å²) in [6.45, 7) is 1.82. The maximum absolute atomic E-state index is 13.1. The monoisotopic (exact) mass is 490 g/mol. The summed E-state index contributed by atoms with van der Waals surface area (Å²) in [5, 5.41) is 21.6. The van der Waals surface area contributed by atoms with Crippen LogP contribution in [-0.2, 0) is 10.8 Å². The van der Waals surface area contributed by atoms with E-state index in [0.29, 0.717) is 38.0 Å². The number of hydrogen-bond donors (Lipinski definition) is 1. The van der Waals surface area contributed by atoms with Crippen molar-refractivity contribution in [3.63, 3.8) is 0 Å². The molecule has 1 N–H and O–H groups in total. The van der Waals surface area contributed by atoms with Gasteiger partial charge in [-0.25, -0.2) is 0 Å². The van der Waals surface area contributed by atoms with Crippen LogP contribution >= 0.6 is 34.8 Å². The first-order valence-electron chi connectivity index (χ1n) is 9.14. The van der Waals surface area contributed by atoms with E-state index in [1.807, 2.05) is 31.2 Å². The number of aromatic nitrogens is 5. The summed E-state index contributed by atoms with van der Waals surface area (Å²) in [6.07, 6.45) is 0. The largest absolute Gasteiger partial charge is 0.274 e. The Morgan fingerprint density at radius 1 is 1.00 bits per heavy atom. The van der Waals surface area contributed by atoms with Crippen molar-refractivity contribution in [1.82, 2.24) is 25.1 Å². The van der Waals surface area contributed by atoms with Gasteiger partial charge in [-0.2, -0.15) is 14.9 Å². The zero-order chi connectivity index (χ0) is 21.7. The molecular formula is C20H13Cl3N6OS. The predicted molar refractivity (Wildman–Crippen MR) is 122 cm³/mol. The molecular weight excluding hydrogens is 479 g/mol. The molecule has 0 spiro atoms. The molecule has 0 saturated carbocycles. The fraction of sp³-hybridized carbons (Fsp3) is 0.100. The lowest BCUT2D eigenvalue weighted by atomic mass is 10.1. The van der Waals surface area contributed by atoms with Crippen LogP contribution in [0, 0.1) is 0 Å². The highest BCUT2D eigenvalue weighted by atomic mass is 35.5. The molecule has 0 aliphatic carbocycles. The average Bonchev–Trinajstić information content (AvgIpc) is 3.40. The van der Waals surface area contributed by atoms with Crippen LogP contribution in [0.5, 0.6) is 0 Å². The minimum absolute atomic E-state index is 0.269. The zero-order valence-corrected chi connectivity index (χ0v) is 19.0. The number of nitrogens with zero attached hydrogens (tertiary/aromatic N) is 5. The summed E-state index contributed by atoms with van der Waals surface area (Å²) in [5.41, 5.74) is 3.45. The van der Waals surface area contributed by atoms with Crippen molar-refractivity contribution in [3.05, 3.63) is 69.2 Å². The standard InChI is InChI=1S/C20H13Cl3N6OS/c1-10-18(12-5-6-14(22)15(23)8-12)28-29-19(26-27-20(29)31(10)30)17-9-16(24-25-17)11-3-2-4-13(21)7-11/h2-10H,1H3,(H,24,25). The highest BCUT2D eigenvalue weighted by molar-refractivity contribution is 7.86. The van der Waals surface area contributed by atoms with Crippen LogP contribution in [-0.4, -0.2) is 40.2 Å². The van der Waals surface area contributed by atoms with Crippen molar-refractivity contribution >= 4 is 51.3 Å². The Morgan fingerprint density at radius 3 is 2.61 bits per heavy atom. The lowest BCUT2D eigenvalue weighted by Gasteiger charge is -2.20. The van der Waals surface area contributed by atoms with Crippen molar-refractivity contribution in [2.75, 3.05) is 0 Å². The normalized spacial score (nSPS) is 18.0. The lowest BCUT2D eigenvalue weighted by molar-refractivity contribution is 0.651. The van der Waals surface area contributed by atoms with E-state index in [4.69, 9.17) is 39.9 Å². The van der Waals surface area contributed by atoms with Gasteiger partial charge in [0.2, 0.25) is 11.0 Å². The van der Waals surface area contributed by atoms with E-state index < -0.39 is 16.0 Å². The smallest absolute Gasteiger partial charge is 0.243 e. The summed E-state index contributed by atoms with van der Waals surface area (Å²) >= 11 is 18.3. The summed E-state index contributed by atoms with van der Waals surface area (Å²) in [4.78, 5) is 0. The van der Waals surface area contributed by atoms with Crippen molar-refractivity contribution in [2.24, 2.45) is 5.10 Å². The van der Waals surface area contributed by atoms with E-state index in [9.17, 15) is 4.21 Å². The van der Waals surface area contributed by atoms with Gasteiger partial charge in [-0.15, -0.1) is 10.2 Å². The second-order valence-electron chi connectivity index (χ2n) is 6.85. The molecule has 0 bridgehead atoms. The number of aromatic amines is 1. The SMILES string of the molecule is CC1C(c2ccc(Cl)c(Cl)c2)=Nn2c(-c3cc(-c4cccc(Cl)c4)n[nH]3)nnc2S1=O. The van der Waals surface area contributed by atoms with Gasteiger partial charge in [-0.05, 0) is 37.3 Å². The fourth-order valence-electron chi connectivity index (χ4n) is 3.28. The molecule has 2 aromatic heterocycles. The highest BCUT2D eigenvalue weighted by Gasteiger charge is 2.32. The number of benzene rings is 2. The van der Waals surface area contributed by atoms with Crippen LogP contribution in [0.4, 0.5) is 0 Å². The molecule has 2 atom stereocenters. The topological polar surface area (TPSA) is 88.8 Å². The van der Waals surface area contributed by atoms with Crippen molar-refractivity contribution in [2.45, 2.75) is 17.3 Å². The maximum Gasteiger partial charge on any atom is 0.243 e. The van der Waals surface area contributed by atoms with Crippen LogP contribution in [0.1, 0.15) is 12.5 Å². The summed E-state index contributed by atoms with van der Waals surface area (Å²) in [5.74, 6) is 0.397. The first-order chi connectivity index (χ1) is 14.9. The molecule has 2 unspecified atom stereocenters. The molecule has 0 radical (unpaired) electrons. The Kier molecular flexibility index (Phi) is 5.18. The number of halogens is 3. The molecule has 0 amide bonds. The molecule has 31 heavy (non-hydrogen) atoms. The fourth-order valence-corrected chi connectivity index (χ4v) is 4.89. The minimum atomic E-state index is -1.46. The Bertz CT molecular complexity index is 1380. The van der Waals surface area contributed by atoms with Crippen molar-refractivity contribution < 1.29 is 4.21 Å². The quantitative estimate of drug-likeness (QED) is 0.434. The molecule has 1 aliphatic heterocycles. The van der Waals surface area contributed by atoms with Crippen LogP contribution in [0.25, 0.3) is 22.8 Å². The highest BCUT2D eigenvalue weighted by Crippen LogP contribution is 2.30. The van der Waals surface area contributed by atoms with E-state index >= 15 is 0 Å². The molecule has 1 aliphatic rings. The lowest BCUT2D eigenvalue weighted by Crippen LogP contribution is -2.30. The Morgan fingerprint density at radius 2 is 1.84 bits per heavy atom. The third kappa shape index (κ3) is 3.59. The summed E-state index contributed by atoms with van der Waals surface area (Å²) in [6, 6.07) is 14.4. The second-order valence-corrected chi connectivity index (χ2v) is 9.77. The Balaban J connectivity index is 1.60. The van der Waals surface area contributed by atoms with Gasteiger partial charge >= 0.3 is 0 Å². The van der Waals surface area contributed by atoms with Crippen LogP contribution in [0.3, 0.4) is 0 Å². The molecule has 2 aromatic carbocycles. The number of H-pyrrole nitrogens is 1. The van der Waals surface area contributed by atoms with Gasteiger partial charge in [-0.3, -0.25) is 9.31 Å². The third-order valence-electron chi connectivity index (χ3n) is 4.86. The number of rotatable bonds is 3. The van der Waals surface area contributed by atoms with Crippen LogP contribution in [0.15, 0.2) is 58.8 Å². The van der Waals surface area contributed by atoms with Crippen molar-refractivity contribution in [1.29, 1.82) is 0 Å². The molecule has 0 fully saturated rings. The van der Waals surface area contributed by atoms with Gasteiger partial charge in [0.25, 0.3) is 0 Å². The van der Waals surface area contributed by atoms with Gasteiger partial charge in [0.1, 0.15) is 16.5 Å². The number of hydrogen-bond acceptors (Lipinski definition) is 5. The van der Waals surface area contributed by atoms with Crippen LogP contribution < -0.4 is 0 Å². The van der Waals surface area contributed by atoms with E-state index in [-0.39, 0.29) is 5.16 Å². The molecule has 4 aromatic rings. The molecule has 156 valence electrons. The van der Waals surface area contributed by atoms with Gasteiger partial charge in [0.15, 0.2) is 0 Å². The average molecular weight is 492 g/mol. The van der Waals surface area contributed by atoms with Crippen LogP contribution in [0.2, 0.25) is 15.1 Å². The maximum atomic E-state index is 13.1.